The zero-order valence-electron chi connectivity index (χ0n) is 12.5. The molecule has 21 heavy (non-hydrogen) atoms. The maximum absolute atomic E-state index is 9.91. The summed E-state index contributed by atoms with van der Waals surface area (Å²) in [4.78, 5) is 0. The number of halogens is 1. The van der Waals surface area contributed by atoms with Gasteiger partial charge in [0.1, 0.15) is 11.9 Å². The summed E-state index contributed by atoms with van der Waals surface area (Å²) in [6.07, 6.45) is 6.41. The molecule has 1 spiro atoms. The van der Waals surface area contributed by atoms with Crippen LogP contribution in [0.1, 0.15) is 57.1 Å². The Morgan fingerprint density at radius 1 is 1.38 bits per heavy atom. The molecule has 1 aliphatic carbocycles. The lowest BCUT2D eigenvalue weighted by molar-refractivity contribution is -0.108. The third-order valence-electron chi connectivity index (χ3n) is 4.68. The van der Waals surface area contributed by atoms with Crippen molar-refractivity contribution in [3.05, 3.63) is 28.2 Å². The Kier molecular flexibility index (Phi) is 4.57. The van der Waals surface area contributed by atoms with Crippen LogP contribution in [0.4, 0.5) is 0 Å². The lowest BCUT2D eigenvalue weighted by atomic mass is 9.90. The Morgan fingerprint density at radius 2 is 2.14 bits per heavy atom. The Bertz CT molecular complexity index is 495. The molecule has 0 aromatic heterocycles. The third-order valence-corrected chi connectivity index (χ3v) is 5.18. The Morgan fingerprint density at radius 3 is 2.86 bits per heavy atom. The van der Waals surface area contributed by atoms with Crippen LogP contribution >= 0.6 is 15.9 Å². The molecule has 1 unspecified atom stereocenters. The van der Waals surface area contributed by atoms with Gasteiger partial charge in [-0.2, -0.15) is 0 Å². The smallest absolute Gasteiger partial charge is 0.126 e. The van der Waals surface area contributed by atoms with Gasteiger partial charge >= 0.3 is 0 Å². The van der Waals surface area contributed by atoms with Gasteiger partial charge in [-0.1, -0.05) is 34.8 Å². The molecular formula is C17H23BrO3. The largest absolute Gasteiger partial charge is 0.490 e. The lowest BCUT2D eigenvalue weighted by Crippen LogP contribution is -2.41. The van der Waals surface area contributed by atoms with E-state index >= 15 is 0 Å². The predicted octanol–water partition coefficient (Wildman–Crippen LogP) is 4.37. The molecule has 0 amide bonds. The van der Waals surface area contributed by atoms with Crippen molar-refractivity contribution in [3.63, 3.8) is 0 Å². The van der Waals surface area contributed by atoms with Gasteiger partial charge in [-0.15, -0.1) is 0 Å². The quantitative estimate of drug-likeness (QED) is 0.875. The van der Waals surface area contributed by atoms with E-state index in [2.05, 4.69) is 15.9 Å². The van der Waals surface area contributed by atoms with Gasteiger partial charge in [-0.25, -0.2) is 0 Å². The van der Waals surface area contributed by atoms with Crippen LogP contribution in [0.25, 0.3) is 0 Å². The average molecular weight is 355 g/mol. The average Bonchev–Trinajstić information content (AvgIpc) is 2.86. The second-order valence-corrected chi connectivity index (χ2v) is 7.25. The van der Waals surface area contributed by atoms with E-state index in [0.717, 1.165) is 48.1 Å². The van der Waals surface area contributed by atoms with Gasteiger partial charge in [0, 0.05) is 22.9 Å². The molecule has 4 heteroatoms. The molecule has 1 aliphatic heterocycles. The standard InChI is InChI=1S/C17H23BrO3/c1-12(19)15-5-4-13(18)10-16(15)21-14-6-9-20-17(11-14)7-2-3-8-17/h4-5,10,12,14,19H,2-3,6-9,11H2,1H3/t12-,14?/m0/s1. The van der Waals surface area contributed by atoms with E-state index in [1.807, 2.05) is 18.2 Å². The van der Waals surface area contributed by atoms with E-state index in [0.29, 0.717) is 0 Å². The summed E-state index contributed by atoms with van der Waals surface area (Å²) >= 11 is 3.48. The van der Waals surface area contributed by atoms with Gasteiger partial charge < -0.3 is 14.6 Å². The topological polar surface area (TPSA) is 38.7 Å². The molecule has 2 atom stereocenters. The molecule has 2 fully saturated rings. The van der Waals surface area contributed by atoms with E-state index in [1.54, 1.807) is 6.92 Å². The fraction of sp³-hybridized carbons (Fsp3) is 0.647. The van der Waals surface area contributed by atoms with Gasteiger partial charge in [0.2, 0.25) is 0 Å². The van der Waals surface area contributed by atoms with Crippen LogP contribution in [-0.4, -0.2) is 23.4 Å². The van der Waals surface area contributed by atoms with Crippen molar-refractivity contribution in [1.82, 2.24) is 0 Å². The highest BCUT2D eigenvalue weighted by molar-refractivity contribution is 9.10. The van der Waals surface area contributed by atoms with Crippen molar-refractivity contribution in [2.45, 2.75) is 63.3 Å². The van der Waals surface area contributed by atoms with Gasteiger partial charge in [-0.05, 0) is 31.9 Å². The molecule has 1 heterocycles. The van der Waals surface area contributed by atoms with Crippen LogP contribution in [0, 0.1) is 0 Å². The van der Waals surface area contributed by atoms with E-state index in [1.165, 1.54) is 12.8 Å². The summed E-state index contributed by atoms with van der Waals surface area (Å²) in [5.41, 5.74) is 0.907. The number of aliphatic hydroxyl groups excluding tert-OH is 1. The van der Waals surface area contributed by atoms with Crippen LogP contribution in [-0.2, 0) is 4.74 Å². The number of hydrogen-bond donors (Lipinski definition) is 1. The van der Waals surface area contributed by atoms with Crippen LogP contribution in [0.5, 0.6) is 5.75 Å². The Balaban J connectivity index is 1.75. The first-order valence-electron chi connectivity index (χ1n) is 7.86. The first-order chi connectivity index (χ1) is 10.1. The summed E-state index contributed by atoms with van der Waals surface area (Å²) in [6.45, 7) is 2.56. The Hall–Kier alpha value is -0.580. The molecule has 1 aromatic rings. The Labute approximate surface area is 134 Å². The summed E-state index contributed by atoms with van der Waals surface area (Å²) < 4.78 is 13.3. The minimum Gasteiger partial charge on any atom is -0.490 e. The fourth-order valence-electron chi connectivity index (χ4n) is 3.59. The number of benzene rings is 1. The van der Waals surface area contributed by atoms with Crippen molar-refractivity contribution < 1.29 is 14.6 Å². The molecule has 2 aliphatic rings. The predicted molar refractivity (Wildman–Crippen MR) is 85.6 cm³/mol. The number of hydrogen-bond acceptors (Lipinski definition) is 3. The molecule has 3 rings (SSSR count). The molecule has 1 aromatic carbocycles. The molecule has 0 radical (unpaired) electrons. The fourth-order valence-corrected chi connectivity index (χ4v) is 3.93. The number of rotatable bonds is 3. The SMILES string of the molecule is C[C@H](O)c1ccc(Br)cc1OC1CCOC2(CCCC2)C1. The van der Waals surface area contributed by atoms with Crippen molar-refractivity contribution in [1.29, 1.82) is 0 Å². The van der Waals surface area contributed by atoms with Crippen LogP contribution in [0.2, 0.25) is 0 Å². The highest BCUT2D eigenvalue weighted by atomic mass is 79.9. The minimum atomic E-state index is -0.520. The molecule has 0 bridgehead atoms. The van der Waals surface area contributed by atoms with E-state index in [9.17, 15) is 5.11 Å². The third kappa shape index (κ3) is 3.43. The number of aliphatic hydroxyl groups is 1. The summed E-state index contributed by atoms with van der Waals surface area (Å²) in [5.74, 6) is 0.791. The van der Waals surface area contributed by atoms with Crippen molar-refractivity contribution in [2.75, 3.05) is 6.61 Å². The van der Waals surface area contributed by atoms with Crippen LogP contribution < -0.4 is 4.74 Å². The van der Waals surface area contributed by atoms with E-state index < -0.39 is 6.10 Å². The van der Waals surface area contributed by atoms with E-state index in [4.69, 9.17) is 9.47 Å². The highest BCUT2D eigenvalue weighted by Crippen LogP contribution is 2.41. The monoisotopic (exact) mass is 354 g/mol. The normalized spacial score (nSPS) is 26.0. The van der Waals surface area contributed by atoms with Crippen LogP contribution in [0.3, 0.4) is 0 Å². The first-order valence-corrected chi connectivity index (χ1v) is 8.65. The zero-order chi connectivity index (χ0) is 14.9. The molecular weight excluding hydrogens is 332 g/mol. The maximum atomic E-state index is 9.91. The summed E-state index contributed by atoms with van der Waals surface area (Å²) in [5, 5.41) is 9.91. The van der Waals surface area contributed by atoms with Crippen molar-refractivity contribution in [2.24, 2.45) is 0 Å². The molecule has 1 saturated heterocycles. The van der Waals surface area contributed by atoms with Gasteiger partial charge in [-0.3, -0.25) is 0 Å². The van der Waals surface area contributed by atoms with Gasteiger partial charge in [0.25, 0.3) is 0 Å². The van der Waals surface area contributed by atoms with E-state index in [-0.39, 0.29) is 11.7 Å². The summed E-state index contributed by atoms with van der Waals surface area (Å²) in [6, 6.07) is 5.82. The molecule has 3 nitrogen and oxygen atoms in total. The molecule has 116 valence electrons. The van der Waals surface area contributed by atoms with Crippen molar-refractivity contribution in [3.8, 4) is 5.75 Å². The lowest BCUT2D eigenvalue weighted by Gasteiger charge is -2.38. The molecule has 1 saturated carbocycles. The van der Waals surface area contributed by atoms with Gasteiger partial charge in [0.15, 0.2) is 0 Å². The van der Waals surface area contributed by atoms with Crippen molar-refractivity contribution >= 4 is 15.9 Å². The number of ether oxygens (including phenoxy) is 2. The maximum Gasteiger partial charge on any atom is 0.126 e. The van der Waals surface area contributed by atoms with Gasteiger partial charge in [0.05, 0.1) is 18.3 Å². The second-order valence-electron chi connectivity index (χ2n) is 6.33. The minimum absolute atomic E-state index is 0.0555. The summed E-state index contributed by atoms with van der Waals surface area (Å²) in [7, 11) is 0. The zero-order valence-corrected chi connectivity index (χ0v) is 14.1. The first kappa shape index (κ1) is 15.3. The highest BCUT2D eigenvalue weighted by Gasteiger charge is 2.40. The van der Waals surface area contributed by atoms with Crippen LogP contribution in [0.15, 0.2) is 22.7 Å². The second kappa shape index (κ2) is 6.27. The molecule has 1 N–H and O–H groups in total.